The molecule has 0 amide bonds. The largest absolute Gasteiger partial charge is 0.383 e. The third-order valence-electron chi connectivity index (χ3n) is 3.05. The topological polar surface area (TPSA) is 65.1 Å². The van der Waals surface area contributed by atoms with Crippen LogP contribution >= 0.6 is 34.8 Å². The quantitative estimate of drug-likeness (QED) is 0.621. The molecule has 114 valence electrons. The van der Waals surface area contributed by atoms with Crippen molar-refractivity contribution in [2.45, 2.75) is 12.6 Å². The smallest absolute Gasteiger partial charge is 0.0908 e. The predicted octanol–water partition coefficient (Wildman–Crippen LogP) is 3.04. The Labute approximate surface area is 137 Å². The highest BCUT2D eigenvalue weighted by Gasteiger charge is 2.23. The maximum Gasteiger partial charge on any atom is 0.0908 e. The van der Waals surface area contributed by atoms with Crippen LogP contribution in [-0.2, 0) is 11.3 Å². The molecule has 1 unspecified atom stereocenters. The minimum atomic E-state index is -0.428. The number of benzene rings is 1. The first kappa shape index (κ1) is 16.5. The van der Waals surface area contributed by atoms with Crippen LogP contribution in [0.25, 0.3) is 0 Å². The molecule has 0 bridgehead atoms. The molecule has 0 spiro atoms. The molecule has 2 aromatic rings. The number of aromatic nitrogens is 2. The van der Waals surface area contributed by atoms with Gasteiger partial charge in [-0.2, -0.15) is 5.10 Å². The second-order valence-electron chi connectivity index (χ2n) is 4.36. The lowest BCUT2D eigenvalue weighted by Crippen LogP contribution is -2.31. The highest BCUT2D eigenvalue weighted by Crippen LogP contribution is 2.33. The number of nitrogens with zero attached hydrogens (tertiary/aromatic N) is 2. The molecule has 1 atom stereocenters. The van der Waals surface area contributed by atoms with Crippen LogP contribution in [0.3, 0.4) is 0 Å². The van der Waals surface area contributed by atoms with Gasteiger partial charge in [0.1, 0.15) is 0 Å². The monoisotopic (exact) mass is 348 g/mol. The summed E-state index contributed by atoms with van der Waals surface area (Å²) in [5, 5.41) is 5.83. The zero-order chi connectivity index (χ0) is 15.4. The van der Waals surface area contributed by atoms with Crippen molar-refractivity contribution in [2.24, 2.45) is 5.84 Å². The summed E-state index contributed by atoms with van der Waals surface area (Å²) in [6.07, 6.45) is 1.56. The van der Waals surface area contributed by atoms with E-state index in [9.17, 15) is 0 Å². The van der Waals surface area contributed by atoms with Crippen LogP contribution in [0.1, 0.15) is 17.3 Å². The number of hydrogen-bond donors (Lipinski definition) is 2. The average Bonchev–Trinajstić information content (AvgIpc) is 2.83. The Morgan fingerprint density at radius 2 is 2.10 bits per heavy atom. The van der Waals surface area contributed by atoms with Crippen molar-refractivity contribution in [2.75, 3.05) is 13.7 Å². The van der Waals surface area contributed by atoms with Gasteiger partial charge in [-0.15, -0.1) is 0 Å². The van der Waals surface area contributed by atoms with Gasteiger partial charge in [-0.05, 0) is 23.8 Å². The van der Waals surface area contributed by atoms with Crippen LogP contribution in [0, 0.1) is 0 Å². The molecule has 3 N–H and O–H groups in total. The van der Waals surface area contributed by atoms with Gasteiger partial charge >= 0.3 is 0 Å². The first-order valence-electron chi connectivity index (χ1n) is 6.19. The Balaban J connectivity index is 2.46. The molecular weight excluding hydrogens is 335 g/mol. The molecule has 0 fully saturated rings. The number of methoxy groups -OCH3 is 1. The van der Waals surface area contributed by atoms with Crippen LogP contribution in [0.2, 0.25) is 15.1 Å². The lowest BCUT2D eigenvalue weighted by Gasteiger charge is -2.20. The van der Waals surface area contributed by atoms with Crippen LogP contribution in [0.15, 0.2) is 24.4 Å². The van der Waals surface area contributed by atoms with E-state index in [2.05, 4.69) is 10.5 Å². The summed E-state index contributed by atoms with van der Waals surface area (Å²) < 4.78 is 6.80. The standard InChI is InChI=1S/C13H15Cl3N4O/c1-21-5-4-20-13(11(16)7-18-20)12(19-17)9-6-8(14)2-3-10(9)15/h2-3,6-7,12,19H,4-5,17H2,1H3. The summed E-state index contributed by atoms with van der Waals surface area (Å²) in [7, 11) is 1.62. The Hall–Kier alpha value is -0.820. The average molecular weight is 350 g/mol. The van der Waals surface area contributed by atoms with Gasteiger partial charge < -0.3 is 4.74 Å². The third-order valence-corrected chi connectivity index (χ3v) is 3.92. The molecule has 0 saturated carbocycles. The third kappa shape index (κ3) is 3.69. The summed E-state index contributed by atoms with van der Waals surface area (Å²) in [5.41, 5.74) is 4.16. The Morgan fingerprint density at radius 1 is 1.33 bits per heavy atom. The van der Waals surface area contributed by atoms with Crippen LogP contribution in [0.4, 0.5) is 0 Å². The van der Waals surface area contributed by atoms with E-state index in [1.54, 1.807) is 36.2 Å². The maximum atomic E-state index is 6.24. The van der Waals surface area contributed by atoms with E-state index >= 15 is 0 Å². The molecule has 21 heavy (non-hydrogen) atoms. The van der Waals surface area contributed by atoms with Gasteiger partial charge in [0.15, 0.2) is 0 Å². The SMILES string of the molecule is COCCn1ncc(Cl)c1C(NN)c1cc(Cl)ccc1Cl. The van der Waals surface area contributed by atoms with Gasteiger partial charge in [-0.25, -0.2) is 5.43 Å². The lowest BCUT2D eigenvalue weighted by atomic mass is 10.0. The van der Waals surface area contributed by atoms with Gasteiger partial charge in [-0.1, -0.05) is 34.8 Å². The number of nitrogens with two attached hydrogens (primary N) is 1. The second kappa shape index (κ2) is 7.45. The normalized spacial score (nSPS) is 12.6. The number of halogens is 3. The van der Waals surface area contributed by atoms with Gasteiger partial charge in [0.2, 0.25) is 0 Å². The van der Waals surface area contributed by atoms with E-state index in [0.717, 1.165) is 5.56 Å². The molecule has 1 aromatic carbocycles. The van der Waals surface area contributed by atoms with E-state index in [1.165, 1.54) is 0 Å². The fourth-order valence-electron chi connectivity index (χ4n) is 2.07. The van der Waals surface area contributed by atoms with Crippen molar-refractivity contribution in [3.05, 3.63) is 50.7 Å². The molecule has 0 aliphatic rings. The van der Waals surface area contributed by atoms with E-state index < -0.39 is 6.04 Å². The highest BCUT2D eigenvalue weighted by atomic mass is 35.5. The Morgan fingerprint density at radius 3 is 2.76 bits per heavy atom. The summed E-state index contributed by atoms with van der Waals surface area (Å²) in [6, 6.07) is 4.75. The number of hydrazine groups is 1. The molecule has 0 radical (unpaired) electrons. The number of nitrogens with one attached hydrogen (secondary N) is 1. The molecule has 0 aliphatic heterocycles. The van der Waals surface area contributed by atoms with Crippen molar-refractivity contribution < 1.29 is 4.74 Å². The Bertz CT molecular complexity index is 617. The molecular formula is C13H15Cl3N4O. The van der Waals surface area contributed by atoms with Crippen LogP contribution in [0.5, 0.6) is 0 Å². The maximum absolute atomic E-state index is 6.24. The fourth-order valence-corrected chi connectivity index (χ4v) is 2.72. The Kier molecular flexibility index (Phi) is 5.87. The molecule has 5 nitrogen and oxygen atoms in total. The van der Waals surface area contributed by atoms with Crippen molar-refractivity contribution in [1.82, 2.24) is 15.2 Å². The molecule has 1 aromatic heterocycles. The van der Waals surface area contributed by atoms with Crippen LogP contribution < -0.4 is 11.3 Å². The summed E-state index contributed by atoms with van der Waals surface area (Å²) >= 11 is 18.5. The lowest BCUT2D eigenvalue weighted by molar-refractivity contribution is 0.182. The van der Waals surface area contributed by atoms with Crippen molar-refractivity contribution >= 4 is 34.8 Å². The van der Waals surface area contributed by atoms with E-state index in [4.69, 9.17) is 45.4 Å². The zero-order valence-corrected chi connectivity index (χ0v) is 13.6. The number of hydrogen-bond acceptors (Lipinski definition) is 4. The summed E-state index contributed by atoms with van der Waals surface area (Å²) in [5.74, 6) is 5.70. The molecule has 8 heteroatoms. The van der Waals surface area contributed by atoms with Gasteiger partial charge in [0.05, 0.1) is 36.1 Å². The van der Waals surface area contributed by atoms with Gasteiger partial charge in [0, 0.05) is 17.2 Å². The van der Waals surface area contributed by atoms with Crippen molar-refractivity contribution in [1.29, 1.82) is 0 Å². The minimum absolute atomic E-state index is 0.428. The van der Waals surface area contributed by atoms with Gasteiger partial charge in [-0.3, -0.25) is 10.5 Å². The van der Waals surface area contributed by atoms with E-state index in [0.29, 0.717) is 33.9 Å². The number of rotatable bonds is 6. The van der Waals surface area contributed by atoms with Gasteiger partial charge in [0.25, 0.3) is 0 Å². The minimum Gasteiger partial charge on any atom is -0.383 e. The summed E-state index contributed by atoms with van der Waals surface area (Å²) in [6.45, 7) is 1.06. The van der Waals surface area contributed by atoms with Crippen molar-refractivity contribution in [3.8, 4) is 0 Å². The number of ether oxygens (including phenoxy) is 1. The predicted molar refractivity (Wildman–Crippen MR) is 84.7 cm³/mol. The zero-order valence-electron chi connectivity index (χ0n) is 11.3. The van der Waals surface area contributed by atoms with E-state index in [-0.39, 0.29) is 0 Å². The first-order chi connectivity index (χ1) is 10.1. The molecule has 0 aliphatic carbocycles. The second-order valence-corrected chi connectivity index (χ2v) is 5.61. The summed E-state index contributed by atoms with van der Waals surface area (Å²) in [4.78, 5) is 0. The van der Waals surface area contributed by atoms with E-state index in [1.807, 2.05) is 0 Å². The first-order valence-corrected chi connectivity index (χ1v) is 7.33. The molecule has 1 heterocycles. The fraction of sp³-hybridized carbons (Fsp3) is 0.308. The van der Waals surface area contributed by atoms with Crippen molar-refractivity contribution in [3.63, 3.8) is 0 Å². The molecule has 2 rings (SSSR count). The van der Waals surface area contributed by atoms with Crippen LogP contribution in [-0.4, -0.2) is 23.5 Å². The highest BCUT2D eigenvalue weighted by molar-refractivity contribution is 6.34. The molecule has 0 saturated heterocycles.